The fourth-order valence-corrected chi connectivity index (χ4v) is 7.33. The first-order chi connectivity index (χ1) is 17.0. The zero-order valence-corrected chi connectivity index (χ0v) is 21.7. The van der Waals surface area contributed by atoms with E-state index in [1.165, 1.54) is 0 Å². The second kappa shape index (κ2) is 6.54. The standard InChI is InChI=1S/C28H32O8/c1-12(2)27-26(11-33-26)28(32-7)24(36-27)22(35-27)16-13(3)10-15-17(21(16)34-28)19(29)18-14(20(15)31-6)8-9-25(4,5)23(18)30/h10,12,22,24,29H,8-9,11H2,1-7H3/t22-,24-,26+,27-,28+/m0/s1. The van der Waals surface area contributed by atoms with Gasteiger partial charge in [-0.15, -0.1) is 0 Å². The number of fused-ring (bicyclic) bond motifs is 8. The minimum absolute atomic E-state index is 0.0178. The fraction of sp³-hybridized carbons (Fsp3) is 0.607. The van der Waals surface area contributed by atoms with E-state index < -0.39 is 34.8 Å². The number of Topliss-reactive ketones (excluding diaryl/α,β-unsaturated/α-hetero) is 1. The van der Waals surface area contributed by atoms with E-state index in [9.17, 15) is 9.90 Å². The van der Waals surface area contributed by atoms with Gasteiger partial charge in [-0.05, 0) is 31.4 Å². The maximum absolute atomic E-state index is 13.6. The molecule has 8 heteroatoms. The smallest absolute Gasteiger partial charge is 0.276 e. The van der Waals surface area contributed by atoms with Crippen LogP contribution in [-0.4, -0.2) is 55.0 Å². The largest absolute Gasteiger partial charge is 0.506 e. The molecule has 0 saturated carbocycles. The Morgan fingerprint density at radius 3 is 2.53 bits per heavy atom. The molecule has 5 aliphatic rings. The van der Waals surface area contributed by atoms with Gasteiger partial charge in [-0.1, -0.05) is 27.7 Å². The first-order valence-corrected chi connectivity index (χ1v) is 12.7. The van der Waals surface area contributed by atoms with Gasteiger partial charge in [0.05, 0.1) is 24.7 Å². The van der Waals surface area contributed by atoms with Crippen molar-refractivity contribution in [3.05, 3.63) is 28.3 Å². The summed E-state index contributed by atoms with van der Waals surface area (Å²) in [6.45, 7) is 10.3. The number of hydrogen-bond donors (Lipinski definition) is 1. The lowest BCUT2D eigenvalue weighted by Crippen LogP contribution is -2.68. The van der Waals surface area contributed by atoms with Crippen molar-refractivity contribution < 1.29 is 38.3 Å². The average molecular weight is 497 g/mol. The Morgan fingerprint density at radius 2 is 1.92 bits per heavy atom. The third kappa shape index (κ3) is 2.18. The van der Waals surface area contributed by atoms with Crippen LogP contribution in [0.25, 0.3) is 10.8 Å². The number of aryl methyl sites for hydroxylation is 1. The van der Waals surface area contributed by atoms with Crippen LogP contribution in [0.5, 0.6) is 17.2 Å². The van der Waals surface area contributed by atoms with E-state index in [1.807, 2.05) is 40.7 Å². The minimum Gasteiger partial charge on any atom is -0.506 e. The molecule has 0 amide bonds. The van der Waals surface area contributed by atoms with Crippen LogP contribution < -0.4 is 9.47 Å². The Hall–Kier alpha value is -2.39. The fourth-order valence-electron chi connectivity index (χ4n) is 7.33. The number of aromatic hydroxyl groups is 1. The molecule has 3 fully saturated rings. The summed E-state index contributed by atoms with van der Waals surface area (Å²) in [4.78, 5) is 13.6. The van der Waals surface area contributed by atoms with Crippen LogP contribution in [0.1, 0.15) is 67.3 Å². The van der Waals surface area contributed by atoms with Crippen molar-refractivity contribution in [2.75, 3.05) is 20.8 Å². The van der Waals surface area contributed by atoms with Crippen LogP contribution in [0.2, 0.25) is 0 Å². The molecule has 3 saturated heterocycles. The molecule has 4 heterocycles. The van der Waals surface area contributed by atoms with Gasteiger partial charge < -0.3 is 33.5 Å². The van der Waals surface area contributed by atoms with Crippen LogP contribution in [0.4, 0.5) is 0 Å². The van der Waals surface area contributed by atoms with Crippen molar-refractivity contribution in [2.45, 2.75) is 76.8 Å². The lowest BCUT2D eigenvalue weighted by Gasteiger charge is -2.49. The quantitative estimate of drug-likeness (QED) is 0.627. The van der Waals surface area contributed by atoms with Gasteiger partial charge in [-0.2, -0.15) is 0 Å². The number of benzene rings is 2. The number of ether oxygens (including phenoxy) is 6. The van der Waals surface area contributed by atoms with Crippen molar-refractivity contribution in [2.24, 2.45) is 11.3 Å². The van der Waals surface area contributed by atoms with E-state index >= 15 is 0 Å². The number of carbonyl (C=O) groups excluding carboxylic acids is 1. The van der Waals surface area contributed by atoms with Crippen molar-refractivity contribution >= 4 is 16.6 Å². The van der Waals surface area contributed by atoms with Crippen molar-refractivity contribution in [1.29, 1.82) is 0 Å². The summed E-state index contributed by atoms with van der Waals surface area (Å²) >= 11 is 0. The van der Waals surface area contributed by atoms with Crippen LogP contribution in [0.3, 0.4) is 0 Å². The molecule has 36 heavy (non-hydrogen) atoms. The molecule has 4 aliphatic heterocycles. The summed E-state index contributed by atoms with van der Waals surface area (Å²) in [5.74, 6) is -1.44. The van der Waals surface area contributed by atoms with Crippen molar-refractivity contribution in [1.82, 2.24) is 0 Å². The molecule has 1 N–H and O–H groups in total. The SMILES string of the molecule is COc1c2c(c(O)c3c4c(c(C)cc13)[C@@H]1O[C@@]3(C(C)C)O[C@@H]1[C@@](OC)(O4)[C@@]31CO1)C(=O)C(C)(C)CC2. The molecular formula is C28H32O8. The molecule has 2 aromatic carbocycles. The predicted molar refractivity (Wildman–Crippen MR) is 129 cm³/mol. The van der Waals surface area contributed by atoms with E-state index in [-0.39, 0.29) is 17.5 Å². The third-order valence-corrected chi connectivity index (χ3v) is 9.28. The molecule has 0 unspecified atom stereocenters. The average Bonchev–Trinajstić information content (AvgIpc) is 3.47. The van der Waals surface area contributed by atoms with Crippen LogP contribution in [0.15, 0.2) is 6.07 Å². The van der Waals surface area contributed by atoms with Gasteiger partial charge in [-0.3, -0.25) is 4.79 Å². The molecule has 0 radical (unpaired) electrons. The highest BCUT2D eigenvalue weighted by Crippen LogP contribution is 2.72. The van der Waals surface area contributed by atoms with E-state index in [2.05, 4.69) is 0 Å². The highest BCUT2D eigenvalue weighted by atomic mass is 16.9. The summed E-state index contributed by atoms with van der Waals surface area (Å²) in [5.41, 5.74) is 1.25. The van der Waals surface area contributed by atoms with Gasteiger partial charge in [0.2, 0.25) is 11.4 Å². The molecule has 5 atom stereocenters. The molecule has 1 spiro atoms. The Labute approximate surface area is 209 Å². The Balaban J connectivity index is 1.56. The summed E-state index contributed by atoms with van der Waals surface area (Å²) < 4.78 is 38.2. The number of carbonyl (C=O) groups is 1. The summed E-state index contributed by atoms with van der Waals surface area (Å²) in [6.07, 6.45) is 0.288. The third-order valence-electron chi connectivity index (χ3n) is 9.28. The van der Waals surface area contributed by atoms with E-state index in [0.717, 1.165) is 16.7 Å². The normalized spacial score (nSPS) is 36.8. The molecule has 2 aromatic rings. The minimum atomic E-state index is -1.26. The van der Waals surface area contributed by atoms with Crippen molar-refractivity contribution in [3.8, 4) is 17.2 Å². The van der Waals surface area contributed by atoms with Gasteiger partial charge in [-0.25, -0.2) is 0 Å². The van der Waals surface area contributed by atoms with Gasteiger partial charge >= 0.3 is 0 Å². The number of phenolic OH excluding ortho intramolecular Hbond substituents is 1. The topological polar surface area (TPSA) is 96.0 Å². The van der Waals surface area contributed by atoms with Crippen molar-refractivity contribution in [3.63, 3.8) is 0 Å². The van der Waals surface area contributed by atoms with Gasteiger partial charge in [0.1, 0.15) is 23.4 Å². The number of phenols is 1. The van der Waals surface area contributed by atoms with E-state index in [1.54, 1.807) is 14.2 Å². The highest BCUT2D eigenvalue weighted by molar-refractivity contribution is 6.13. The Kier molecular flexibility index (Phi) is 4.14. The van der Waals surface area contributed by atoms with E-state index in [0.29, 0.717) is 47.3 Å². The predicted octanol–water partition coefficient (Wildman–Crippen LogP) is 4.34. The molecule has 7 rings (SSSR count). The monoisotopic (exact) mass is 496 g/mol. The zero-order valence-electron chi connectivity index (χ0n) is 21.7. The molecule has 8 nitrogen and oxygen atoms in total. The number of ketones is 1. The van der Waals surface area contributed by atoms with Gasteiger partial charge in [0.25, 0.3) is 5.79 Å². The first-order valence-electron chi connectivity index (χ1n) is 12.7. The number of epoxide rings is 1. The number of methoxy groups -OCH3 is 2. The number of rotatable bonds is 3. The van der Waals surface area contributed by atoms with Gasteiger partial charge in [0.15, 0.2) is 11.9 Å². The van der Waals surface area contributed by atoms with Crippen LogP contribution >= 0.6 is 0 Å². The maximum Gasteiger partial charge on any atom is 0.276 e. The zero-order chi connectivity index (χ0) is 25.6. The number of hydrogen-bond acceptors (Lipinski definition) is 8. The van der Waals surface area contributed by atoms with E-state index in [4.69, 9.17) is 28.4 Å². The lowest BCUT2D eigenvalue weighted by atomic mass is 9.71. The maximum atomic E-state index is 13.6. The molecule has 2 bridgehead atoms. The highest BCUT2D eigenvalue weighted by Gasteiger charge is 2.91. The van der Waals surface area contributed by atoms with Gasteiger partial charge in [0, 0.05) is 35.0 Å². The second-order valence-electron chi connectivity index (χ2n) is 11.8. The summed E-state index contributed by atoms with van der Waals surface area (Å²) in [7, 11) is 3.19. The molecular weight excluding hydrogens is 464 g/mol. The van der Waals surface area contributed by atoms with Crippen LogP contribution in [0, 0.1) is 18.3 Å². The molecule has 192 valence electrons. The molecule has 1 aliphatic carbocycles. The Bertz CT molecular complexity index is 1370. The van der Waals surface area contributed by atoms with Crippen LogP contribution in [-0.2, 0) is 25.4 Å². The Morgan fingerprint density at radius 1 is 1.19 bits per heavy atom. The summed E-state index contributed by atoms with van der Waals surface area (Å²) in [6, 6.07) is 1.99. The first kappa shape index (κ1) is 22.8. The second-order valence-corrected chi connectivity index (χ2v) is 11.8. The summed E-state index contributed by atoms with van der Waals surface area (Å²) in [5, 5.41) is 12.9. The lowest BCUT2D eigenvalue weighted by molar-refractivity contribution is -0.298. The molecule has 0 aromatic heterocycles.